The van der Waals surface area contributed by atoms with E-state index in [4.69, 9.17) is 15.8 Å². The highest BCUT2D eigenvalue weighted by molar-refractivity contribution is 5.98. The Morgan fingerprint density at radius 3 is 2.68 bits per heavy atom. The lowest BCUT2D eigenvalue weighted by Gasteiger charge is -2.21. The number of anilines is 2. The topological polar surface area (TPSA) is 106 Å². The van der Waals surface area contributed by atoms with Crippen molar-refractivity contribution in [1.29, 1.82) is 0 Å². The lowest BCUT2D eigenvalue weighted by molar-refractivity contribution is 0.475. The van der Waals surface area contributed by atoms with E-state index in [2.05, 4.69) is 46.1 Å². The van der Waals surface area contributed by atoms with Crippen LogP contribution in [0.25, 0.3) is 33.2 Å². The van der Waals surface area contributed by atoms with E-state index in [1.165, 1.54) is 24.7 Å². The van der Waals surface area contributed by atoms with E-state index < -0.39 is 0 Å². The fraction of sp³-hybridized carbons (Fsp3) is 0.231. The average molecular weight is 452 g/mol. The van der Waals surface area contributed by atoms with Crippen molar-refractivity contribution < 1.29 is 5.11 Å². The number of hydrogen-bond acceptors (Lipinski definition) is 7. The van der Waals surface area contributed by atoms with Gasteiger partial charge >= 0.3 is 0 Å². The standard InChI is InChI=1S/C26H25N7O/c1-16-6-4-7-17-12-19(25(30-22(16)17)32-10-2-3-11-32)14-33-26-21(24(27)28-15-29-26)23(31-33)18-8-5-9-20(34)13-18/h4-9,12-13,15,34H,2-3,10-11,14H2,1H3,(H2,27,28,29). The van der Waals surface area contributed by atoms with E-state index in [0.717, 1.165) is 40.9 Å². The van der Waals surface area contributed by atoms with Crippen molar-refractivity contribution in [2.45, 2.75) is 26.3 Å². The Balaban J connectivity index is 1.54. The third kappa shape index (κ3) is 3.39. The average Bonchev–Trinajstić information content (AvgIpc) is 3.49. The number of rotatable bonds is 4. The minimum atomic E-state index is 0.168. The molecule has 1 aliphatic rings. The molecule has 1 aliphatic heterocycles. The smallest absolute Gasteiger partial charge is 0.164 e. The molecule has 0 amide bonds. The molecule has 0 radical (unpaired) electrons. The minimum Gasteiger partial charge on any atom is -0.508 e. The zero-order chi connectivity index (χ0) is 23.2. The van der Waals surface area contributed by atoms with Crippen LogP contribution >= 0.6 is 0 Å². The Labute approximate surface area is 196 Å². The summed E-state index contributed by atoms with van der Waals surface area (Å²) in [5, 5.41) is 16.7. The van der Waals surface area contributed by atoms with Gasteiger partial charge in [0.1, 0.15) is 29.4 Å². The second-order valence-corrected chi connectivity index (χ2v) is 8.83. The Kier molecular flexibility index (Phi) is 4.79. The first kappa shape index (κ1) is 20.4. The Hall–Kier alpha value is -4.20. The van der Waals surface area contributed by atoms with Gasteiger partial charge in [0.05, 0.1) is 17.4 Å². The molecule has 3 aromatic heterocycles. The normalized spacial score (nSPS) is 13.9. The number of hydrogen-bond donors (Lipinski definition) is 2. The monoisotopic (exact) mass is 451 g/mol. The van der Waals surface area contributed by atoms with E-state index in [1.807, 2.05) is 10.7 Å². The predicted octanol–water partition coefficient (Wildman–Crippen LogP) is 4.29. The van der Waals surface area contributed by atoms with Gasteiger partial charge in [-0.2, -0.15) is 5.10 Å². The molecule has 0 saturated carbocycles. The van der Waals surface area contributed by atoms with Crippen LogP contribution in [0.2, 0.25) is 0 Å². The number of phenolic OH excluding ortho intramolecular Hbond substituents is 1. The van der Waals surface area contributed by atoms with Crippen LogP contribution in [0.5, 0.6) is 5.75 Å². The summed E-state index contributed by atoms with van der Waals surface area (Å²) >= 11 is 0. The SMILES string of the molecule is Cc1cccc2cc(Cn3nc(-c4cccc(O)c4)c4c(N)ncnc43)c(N3CCCC3)nc12. The fourth-order valence-electron chi connectivity index (χ4n) is 4.86. The number of para-hydroxylation sites is 1. The molecule has 0 unspecified atom stereocenters. The van der Waals surface area contributed by atoms with E-state index >= 15 is 0 Å². The second-order valence-electron chi connectivity index (χ2n) is 8.83. The summed E-state index contributed by atoms with van der Waals surface area (Å²) in [5.41, 5.74) is 11.6. The van der Waals surface area contributed by atoms with Gasteiger partial charge in [-0.05, 0) is 43.5 Å². The number of aromatic hydroxyl groups is 1. The van der Waals surface area contributed by atoms with Crippen LogP contribution in [0.15, 0.2) is 54.9 Å². The zero-order valence-corrected chi connectivity index (χ0v) is 18.9. The molecule has 5 aromatic rings. The predicted molar refractivity (Wildman–Crippen MR) is 134 cm³/mol. The van der Waals surface area contributed by atoms with Gasteiger partial charge in [-0.15, -0.1) is 0 Å². The molecule has 0 spiro atoms. The summed E-state index contributed by atoms with van der Waals surface area (Å²) in [5.74, 6) is 1.53. The molecule has 170 valence electrons. The Bertz CT molecular complexity index is 1540. The number of nitrogens with zero attached hydrogens (tertiary/aromatic N) is 6. The maximum Gasteiger partial charge on any atom is 0.164 e. The first-order chi connectivity index (χ1) is 16.6. The molecular formula is C26H25N7O. The van der Waals surface area contributed by atoms with E-state index in [1.54, 1.807) is 18.2 Å². The zero-order valence-electron chi connectivity index (χ0n) is 18.9. The van der Waals surface area contributed by atoms with Crippen LogP contribution < -0.4 is 10.6 Å². The van der Waals surface area contributed by atoms with Gasteiger partial charge in [0.15, 0.2) is 5.65 Å². The summed E-state index contributed by atoms with van der Waals surface area (Å²) in [4.78, 5) is 16.2. The summed E-state index contributed by atoms with van der Waals surface area (Å²) in [6.07, 6.45) is 3.80. The molecule has 3 N–H and O–H groups in total. The molecular weight excluding hydrogens is 426 g/mol. The first-order valence-electron chi connectivity index (χ1n) is 11.5. The van der Waals surface area contributed by atoms with Crippen molar-refractivity contribution in [3.63, 3.8) is 0 Å². The molecule has 4 heterocycles. The first-order valence-corrected chi connectivity index (χ1v) is 11.5. The van der Waals surface area contributed by atoms with Gasteiger partial charge in [-0.1, -0.05) is 30.3 Å². The van der Waals surface area contributed by atoms with Crippen LogP contribution in [0.1, 0.15) is 24.0 Å². The Morgan fingerprint density at radius 1 is 1.03 bits per heavy atom. The van der Waals surface area contributed by atoms with Gasteiger partial charge in [-0.25, -0.2) is 19.6 Å². The van der Waals surface area contributed by atoms with E-state index in [0.29, 0.717) is 29.1 Å². The maximum atomic E-state index is 10.0. The molecule has 8 nitrogen and oxygen atoms in total. The Morgan fingerprint density at radius 2 is 1.85 bits per heavy atom. The van der Waals surface area contributed by atoms with Gasteiger partial charge < -0.3 is 15.7 Å². The van der Waals surface area contributed by atoms with Crippen molar-refractivity contribution >= 4 is 33.6 Å². The second kappa shape index (κ2) is 7.98. The number of benzene rings is 2. The molecule has 34 heavy (non-hydrogen) atoms. The van der Waals surface area contributed by atoms with Crippen LogP contribution in [0.3, 0.4) is 0 Å². The minimum absolute atomic E-state index is 0.168. The molecule has 0 aliphatic carbocycles. The van der Waals surface area contributed by atoms with Crippen molar-refractivity contribution in [2.75, 3.05) is 23.7 Å². The van der Waals surface area contributed by atoms with Gasteiger partial charge in [0, 0.05) is 29.6 Å². The van der Waals surface area contributed by atoms with Crippen molar-refractivity contribution in [1.82, 2.24) is 24.7 Å². The number of pyridine rings is 1. The number of aromatic nitrogens is 5. The number of phenols is 1. The summed E-state index contributed by atoms with van der Waals surface area (Å²) in [7, 11) is 0. The lowest BCUT2D eigenvalue weighted by Crippen LogP contribution is -2.22. The summed E-state index contributed by atoms with van der Waals surface area (Å²) in [6, 6.07) is 15.5. The molecule has 0 atom stereocenters. The third-order valence-corrected chi connectivity index (χ3v) is 6.51. The number of aryl methyl sites for hydroxylation is 1. The highest BCUT2D eigenvalue weighted by Crippen LogP contribution is 2.34. The van der Waals surface area contributed by atoms with Gasteiger partial charge in [0.25, 0.3) is 0 Å². The summed E-state index contributed by atoms with van der Waals surface area (Å²) in [6.45, 7) is 4.60. The maximum absolute atomic E-state index is 10.0. The highest BCUT2D eigenvalue weighted by atomic mass is 16.3. The van der Waals surface area contributed by atoms with Crippen molar-refractivity contribution in [2.24, 2.45) is 0 Å². The highest BCUT2D eigenvalue weighted by Gasteiger charge is 2.22. The van der Waals surface area contributed by atoms with Crippen LogP contribution in [-0.4, -0.2) is 42.9 Å². The lowest BCUT2D eigenvalue weighted by atomic mass is 10.1. The molecule has 8 heteroatoms. The molecule has 1 saturated heterocycles. The van der Waals surface area contributed by atoms with Gasteiger partial charge in [0.2, 0.25) is 0 Å². The largest absolute Gasteiger partial charge is 0.508 e. The number of nitrogens with two attached hydrogens (primary N) is 1. The molecule has 0 bridgehead atoms. The molecule has 6 rings (SSSR count). The third-order valence-electron chi connectivity index (χ3n) is 6.51. The van der Waals surface area contributed by atoms with Crippen LogP contribution in [-0.2, 0) is 6.54 Å². The van der Waals surface area contributed by atoms with E-state index in [9.17, 15) is 5.11 Å². The molecule has 2 aromatic carbocycles. The quantitative estimate of drug-likeness (QED) is 0.420. The number of fused-ring (bicyclic) bond motifs is 2. The molecule has 1 fully saturated rings. The fourth-order valence-corrected chi connectivity index (χ4v) is 4.86. The number of nitrogen functional groups attached to an aromatic ring is 1. The van der Waals surface area contributed by atoms with Gasteiger partial charge in [-0.3, -0.25) is 0 Å². The van der Waals surface area contributed by atoms with Crippen LogP contribution in [0.4, 0.5) is 11.6 Å². The van der Waals surface area contributed by atoms with Crippen molar-refractivity contribution in [3.05, 3.63) is 66.0 Å². The van der Waals surface area contributed by atoms with E-state index in [-0.39, 0.29) is 5.75 Å². The summed E-state index contributed by atoms with van der Waals surface area (Å²) < 4.78 is 1.87. The van der Waals surface area contributed by atoms with Crippen molar-refractivity contribution in [3.8, 4) is 17.0 Å². The van der Waals surface area contributed by atoms with Crippen LogP contribution in [0, 0.1) is 6.92 Å².